The number of nitro groups is 1. The Morgan fingerprint density at radius 2 is 2.05 bits per heavy atom. The second-order valence-corrected chi connectivity index (χ2v) is 5.52. The van der Waals surface area contributed by atoms with Gasteiger partial charge in [0.05, 0.1) is 22.7 Å². The zero-order valence-electron chi connectivity index (χ0n) is 11.6. The smallest absolute Gasteiger partial charge is 0.275 e. The predicted octanol–water partition coefficient (Wildman–Crippen LogP) is 1.83. The van der Waals surface area contributed by atoms with Crippen LogP contribution in [0.1, 0.15) is 31.2 Å². The zero-order chi connectivity index (χ0) is 14.8. The molecule has 2 N–H and O–H groups in total. The van der Waals surface area contributed by atoms with Gasteiger partial charge in [-0.2, -0.15) is 0 Å². The predicted molar refractivity (Wildman–Crippen MR) is 75.7 cm³/mol. The van der Waals surface area contributed by atoms with Gasteiger partial charge >= 0.3 is 0 Å². The average Bonchev–Trinajstić information content (AvgIpc) is 2.84. The van der Waals surface area contributed by atoms with E-state index in [2.05, 4.69) is 0 Å². The lowest BCUT2D eigenvalue weighted by atomic mass is 10.0. The second-order valence-electron chi connectivity index (χ2n) is 5.52. The molecule has 0 amide bonds. The second kappa shape index (κ2) is 5.76. The van der Waals surface area contributed by atoms with Gasteiger partial charge in [-0.25, -0.2) is 0 Å². The monoisotopic (exact) mass is 280 g/mol. The highest BCUT2D eigenvalue weighted by atomic mass is 16.6. The van der Waals surface area contributed by atoms with Crippen LogP contribution in [0.2, 0.25) is 0 Å². The number of aliphatic hydroxyl groups excluding tert-OH is 1. The summed E-state index contributed by atoms with van der Waals surface area (Å²) in [5.41, 5.74) is 0.303. The van der Waals surface area contributed by atoms with Crippen molar-refractivity contribution >= 4 is 11.4 Å². The Balaban J connectivity index is 2.17. The molecule has 0 bridgehead atoms. The minimum absolute atomic E-state index is 0.0794. The number of likely N-dealkylation sites (N-methyl/N-ethyl adjacent to an activating group) is 1. The third kappa shape index (κ3) is 3.08. The van der Waals surface area contributed by atoms with Crippen molar-refractivity contribution in [2.24, 2.45) is 0 Å². The summed E-state index contributed by atoms with van der Waals surface area (Å²) in [6.45, 7) is 0.123. The molecule has 6 nitrogen and oxygen atoms in total. The molecule has 1 aromatic carbocycles. The van der Waals surface area contributed by atoms with Crippen LogP contribution in [0.4, 0.5) is 11.4 Å². The van der Waals surface area contributed by atoms with E-state index in [0.29, 0.717) is 6.54 Å². The molecule has 1 fully saturated rings. The normalized spacial score (nSPS) is 17.1. The van der Waals surface area contributed by atoms with Crippen LogP contribution in [0.5, 0.6) is 0 Å². The molecule has 0 radical (unpaired) electrons. The van der Waals surface area contributed by atoms with E-state index in [1.165, 1.54) is 6.07 Å². The average molecular weight is 280 g/mol. The first-order chi connectivity index (χ1) is 9.45. The van der Waals surface area contributed by atoms with Crippen LogP contribution in [-0.2, 0) is 6.61 Å². The molecular formula is C14H20N2O4. The van der Waals surface area contributed by atoms with E-state index < -0.39 is 10.5 Å². The van der Waals surface area contributed by atoms with Crippen LogP contribution in [0, 0.1) is 10.1 Å². The van der Waals surface area contributed by atoms with Gasteiger partial charge in [-0.1, -0.05) is 12.8 Å². The maximum atomic E-state index is 10.8. The molecule has 0 heterocycles. The highest BCUT2D eigenvalue weighted by Crippen LogP contribution is 2.32. The lowest BCUT2D eigenvalue weighted by Crippen LogP contribution is -2.39. The van der Waals surface area contributed by atoms with Gasteiger partial charge < -0.3 is 15.1 Å². The van der Waals surface area contributed by atoms with E-state index in [1.807, 2.05) is 11.9 Å². The van der Waals surface area contributed by atoms with Crippen LogP contribution >= 0.6 is 0 Å². The first-order valence-corrected chi connectivity index (χ1v) is 6.77. The fraction of sp³-hybridized carbons (Fsp3) is 0.571. The summed E-state index contributed by atoms with van der Waals surface area (Å²) in [6, 6.07) is 4.65. The molecule has 0 aliphatic heterocycles. The lowest BCUT2D eigenvalue weighted by molar-refractivity contribution is -0.385. The molecular weight excluding hydrogens is 260 g/mol. The largest absolute Gasteiger partial charge is 0.391 e. The Kier molecular flexibility index (Phi) is 4.25. The number of aliphatic hydroxyl groups is 2. The highest BCUT2D eigenvalue weighted by Gasteiger charge is 2.32. The van der Waals surface area contributed by atoms with E-state index in [4.69, 9.17) is 0 Å². The maximum absolute atomic E-state index is 10.8. The van der Waals surface area contributed by atoms with E-state index in [-0.39, 0.29) is 17.9 Å². The number of anilines is 1. The van der Waals surface area contributed by atoms with Gasteiger partial charge in [0, 0.05) is 25.3 Å². The SMILES string of the molecule is CN(CC1(O)CCCC1)c1ccc([N+](=O)[O-])c(CO)c1. The Hall–Kier alpha value is -1.66. The standard InChI is InChI=1S/C14H20N2O4/c1-15(10-14(18)6-2-3-7-14)12-4-5-13(16(19)20)11(8-12)9-17/h4-5,8,17-18H,2-3,6-7,9-10H2,1H3. The molecule has 1 saturated carbocycles. The van der Waals surface area contributed by atoms with Crippen LogP contribution in [0.15, 0.2) is 18.2 Å². The van der Waals surface area contributed by atoms with Crippen molar-refractivity contribution in [3.63, 3.8) is 0 Å². The zero-order valence-corrected chi connectivity index (χ0v) is 11.6. The highest BCUT2D eigenvalue weighted by molar-refractivity contribution is 5.55. The fourth-order valence-electron chi connectivity index (χ4n) is 2.84. The Labute approximate surface area is 117 Å². The molecule has 0 spiro atoms. The molecule has 0 atom stereocenters. The van der Waals surface area contributed by atoms with Crippen LogP contribution < -0.4 is 4.90 Å². The first kappa shape index (κ1) is 14.7. The lowest BCUT2D eigenvalue weighted by Gasteiger charge is -2.30. The number of nitrogens with zero attached hydrogens (tertiary/aromatic N) is 2. The molecule has 2 rings (SSSR count). The topological polar surface area (TPSA) is 86.8 Å². The summed E-state index contributed by atoms with van der Waals surface area (Å²) in [5, 5.41) is 30.5. The molecule has 1 aliphatic carbocycles. The fourth-order valence-corrected chi connectivity index (χ4v) is 2.84. The van der Waals surface area contributed by atoms with E-state index in [9.17, 15) is 20.3 Å². The van der Waals surface area contributed by atoms with Crippen LogP contribution in [0.25, 0.3) is 0 Å². The minimum Gasteiger partial charge on any atom is -0.391 e. The summed E-state index contributed by atoms with van der Waals surface area (Å²) >= 11 is 0. The number of benzene rings is 1. The van der Waals surface area contributed by atoms with E-state index in [1.54, 1.807) is 12.1 Å². The van der Waals surface area contributed by atoms with Crippen LogP contribution in [0.3, 0.4) is 0 Å². The number of rotatable bonds is 5. The van der Waals surface area contributed by atoms with Crippen molar-refractivity contribution in [2.75, 3.05) is 18.5 Å². The Bertz CT molecular complexity index is 498. The van der Waals surface area contributed by atoms with Gasteiger partial charge in [-0.05, 0) is 25.0 Å². The van der Waals surface area contributed by atoms with Crippen molar-refractivity contribution in [3.8, 4) is 0 Å². The quantitative estimate of drug-likeness (QED) is 0.634. The number of hydrogen-bond donors (Lipinski definition) is 2. The van der Waals surface area contributed by atoms with E-state index >= 15 is 0 Å². The number of nitro benzene ring substituents is 1. The summed E-state index contributed by atoms with van der Waals surface area (Å²) in [4.78, 5) is 12.2. The summed E-state index contributed by atoms with van der Waals surface area (Å²) < 4.78 is 0. The molecule has 1 aromatic rings. The molecule has 0 saturated heterocycles. The maximum Gasteiger partial charge on any atom is 0.275 e. The van der Waals surface area contributed by atoms with Crippen molar-refractivity contribution in [3.05, 3.63) is 33.9 Å². The van der Waals surface area contributed by atoms with Crippen molar-refractivity contribution in [1.82, 2.24) is 0 Å². The number of hydrogen-bond acceptors (Lipinski definition) is 5. The van der Waals surface area contributed by atoms with Gasteiger partial charge in [0.1, 0.15) is 0 Å². The molecule has 110 valence electrons. The molecule has 0 unspecified atom stereocenters. The molecule has 6 heteroatoms. The van der Waals surface area contributed by atoms with Gasteiger partial charge in [0.2, 0.25) is 0 Å². The minimum atomic E-state index is -0.671. The van der Waals surface area contributed by atoms with Crippen LogP contribution in [-0.4, -0.2) is 34.3 Å². The van der Waals surface area contributed by atoms with Crippen molar-refractivity contribution in [2.45, 2.75) is 37.9 Å². The summed E-state index contributed by atoms with van der Waals surface area (Å²) in [6.07, 6.45) is 3.65. The third-order valence-electron chi connectivity index (χ3n) is 3.94. The van der Waals surface area contributed by atoms with E-state index in [0.717, 1.165) is 31.4 Å². The van der Waals surface area contributed by atoms with Crippen molar-refractivity contribution < 1.29 is 15.1 Å². The third-order valence-corrected chi connectivity index (χ3v) is 3.94. The molecule has 0 aromatic heterocycles. The molecule has 1 aliphatic rings. The van der Waals surface area contributed by atoms with Gasteiger partial charge in [0.25, 0.3) is 5.69 Å². The van der Waals surface area contributed by atoms with Gasteiger partial charge in [0.15, 0.2) is 0 Å². The summed E-state index contributed by atoms with van der Waals surface area (Å²) in [7, 11) is 1.85. The van der Waals surface area contributed by atoms with Crippen molar-refractivity contribution in [1.29, 1.82) is 0 Å². The Morgan fingerprint density at radius 1 is 1.40 bits per heavy atom. The first-order valence-electron chi connectivity index (χ1n) is 6.77. The van der Waals surface area contributed by atoms with Gasteiger partial charge in [-0.15, -0.1) is 0 Å². The summed E-state index contributed by atoms with van der Waals surface area (Å²) in [5.74, 6) is 0. The van der Waals surface area contributed by atoms with Gasteiger partial charge in [-0.3, -0.25) is 10.1 Å². The molecule has 20 heavy (non-hydrogen) atoms. The Morgan fingerprint density at radius 3 is 2.60 bits per heavy atom.